The average Bonchev–Trinajstić information content (AvgIpc) is 3.15. The minimum atomic E-state index is 0.00784. The summed E-state index contributed by atoms with van der Waals surface area (Å²) in [6.07, 6.45) is 0. The number of thioether (sulfide) groups is 1. The Bertz CT molecular complexity index is 1130. The fraction of sp³-hybridized carbons (Fsp3) is 0.100. The molecule has 8 heteroatoms. The van der Waals surface area contributed by atoms with Gasteiger partial charge in [-0.1, -0.05) is 39.8 Å². The lowest BCUT2D eigenvalue weighted by Gasteiger charge is -2.04. The molecule has 2 aromatic heterocycles. The van der Waals surface area contributed by atoms with E-state index in [0.717, 1.165) is 21.5 Å². The van der Waals surface area contributed by atoms with Crippen LogP contribution in [0.1, 0.15) is 10.4 Å². The fourth-order valence-corrected chi connectivity index (χ4v) is 3.67. The van der Waals surface area contributed by atoms with E-state index in [1.165, 1.54) is 11.8 Å². The van der Waals surface area contributed by atoms with Gasteiger partial charge in [-0.25, -0.2) is 0 Å². The lowest BCUT2D eigenvalue weighted by molar-refractivity contribution is 0.102. The molecule has 0 saturated heterocycles. The predicted octanol–water partition coefficient (Wildman–Crippen LogP) is 4.54. The maximum absolute atomic E-state index is 12.5. The van der Waals surface area contributed by atoms with E-state index in [9.17, 15) is 4.79 Å². The van der Waals surface area contributed by atoms with Gasteiger partial charge >= 0.3 is 0 Å². The largest absolute Gasteiger partial charge is 0.497 e. The van der Waals surface area contributed by atoms with E-state index in [-0.39, 0.29) is 11.5 Å². The summed E-state index contributed by atoms with van der Waals surface area (Å²) >= 11 is 4.75. The second-order valence-corrected chi connectivity index (χ2v) is 7.78. The van der Waals surface area contributed by atoms with Crippen LogP contribution in [0.4, 0.5) is 0 Å². The third-order valence-corrected chi connectivity index (χ3v) is 5.57. The summed E-state index contributed by atoms with van der Waals surface area (Å²) < 4.78 is 7.80. The van der Waals surface area contributed by atoms with Gasteiger partial charge < -0.3 is 4.74 Å². The van der Waals surface area contributed by atoms with Gasteiger partial charge in [-0.15, -0.1) is 10.2 Å². The van der Waals surface area contributed by atoms with Crippen LogP contribution >= 0.6 is 27.7 Å². The number of rotatable bonds is 6. The molecule has 0 unspecified atom stereocenters. The molecule has 0 radical (unpaired) electrons. The highest BCUT2D eigenvalue weighted by Gasteiger charge is 2.13. The smallest absolute Gasteiger partial charge is 0.212 e. The molecule has 0 aliphatic carbocycles. The Kier molecular flexibility index (Phi) is 5.40. The van der Waals surface area contributed by atoms with Crippen molar-refractivity contribution in [2.24, 2.45) is 0 Å². The number of carbonyl (C=O) groups is 1. The molecule has 4 aromatic rings. The molecule has 0 spiro atoms. The first kappa shape index (κ1) is 18.6. The zero-order chi connectivity index (χ0) is 19.5. The lowest BCUT2D eigenvalue weighted by atomic mass is 10.1. The second-order valence-electron chi connectivity index (χ2n) is 5.92. The summed E-state index contributed by atoms with van der Waals surface area (Å²) in [6.45, 7) is 0. The van der Waals surface area contributed by atoms with Gasteiger partial charge in [0.25, 0.3) is 0 Å². The van der Waals surface area contributed by atoms with Gasteiger partial charge in [0.2, 0.25) is 5.16 Å². The quantitative estimate of drug-likeness (QED) is 0.314. The van der Waals surface area contributed by atoms with Crippen molar-refractivity contribution in [3.8, 4) is 17.0 Å². The highest BCUT2D eigenvalue weighted by Crippen LogP contribution is 2.23. The predicted molar refractivity (Wildman–Crippen MR) is 112 cm³/mol. The normalized spacial score (nSPS) is 10.9. The first-order valence-corrected chi connectivity index (χ1v) is 10.2. The molecule has 0 aliphatic rings. The number of halogens is 1. The lowest BCUT2D eigenvalue weighted by Crippen LogP contribution is -2.04. The van der Waals surface area contributed by atoms with Crippen LogP contribution in [0, 0.1) is 0 Å². The Morgan fingerprint density at radius 2 is 1.79 bits per heavy atom. The number of ketones is 1. The summed E-state index contributed by atoms with van der Waals surface area (Å²) in [7, 11) is 1.60. The van der Waals surface area contributed by atoms with Crippen LogP contribution in [-0.2, 0) is 0 Å². The number of benzene rings is 2. The zero-order valence-corrected chi connectivity index (χ0v) is 17.3. The monoisotopic (exact) mass is 454 g/mol. The minimum Gasteiger partial charge on any atom is -0.497 e. The van der Waals surface area contributed by atoms with E-state index in [1.54, 1.807) is 35.9 Å². The molecule has 4 rings (SSSR count). The molecule has 0 N–H and O–H groups in total. The number of carbonyl (C=O) groups excluding carboxylic acids is 1. The second kappa shape index (κ2) is 8.12. The molecule has 2 heterocycles. The molecule has 0 fully saturated rings. The molecule has 6 nitrogen and oxygen atoms in total. The van der Waals surface area contributed by atoms with Crippen molar-refractivity contribution >= 4 is 39.1 Å². The van der Waals surface area contributed by atoms with Crippen LogP contribution in [0.3, 0.4) is 0 Å². The van der Waals surface area contributed by atoms with Gasteiger partial charge in [0.1, 0.15) is 5.75 Å². The van der Waals surface area contributed by atoms with Crippen molar-refractivity contribution in [2.75, 3.05) is 12.9 Å². The number of fused-ring (bicyclic) bond motifs is 1. The van der Waals surface area contributed by atoms with Crippen LogP contribution in [-0.4, -0.2) is 38.5 Å². The van der Waals surface area contributed by atoms with Gasteiger partial charge in [0.05, 0.1) is 18.6 Å². The molecular formula is C20H15BrN4O2S. The van der Waals surface area contributed by atoms with Crippen LogP contribution in [0.2, 0.25) is 0 Å². The van der Waals surface area contributed by atoms with E-state index in [2.05, 4.69) is 31.2 Å². The van der Waals surface area contributed by atoms with Gasteiger partial charge in [0.15, 0.2) is 11.4 Å². The molecule has 0 saturated carbocycles. The number of hydrogen-bond donors (Lipinski definition) is 0. The van der Waals surface area contributed by atoms with Crippen molar-refractivity contribution in [1.82, 2.24) is 19.8 Å². The minimum absolute atomic E-state index is 0.00784. The number of Topliss-reactive ketones (excluding diaryl/α,β-unsaturated/α-hetero) is 1. The maximum atomic E-state index is 12.5. The Morgan fingerprint density at radius 3 is 2.50 bits per heavy atom. The topological polar surface area (TPSA) is 69.4 Å². The third kappa shape index (κ3) is 3.93. The maximum Gasteiger partial charge on any atom is 0.212 e. The Hall–Kier alpha value is -2.71. The summed E-state index contributed by atoms with van der Waals surface area (Å²) in [5.74, 6) is 0.975. The summed E-state index contributed by atoms with van der Waals surface area (Å²) in [6, 6.07) is 18.8. The van der Waals surface area contributed by atoms with Gasteiger partial charge in [-0.05, 0) is 48.5 Å². The Morgan fingerprint density at radius 1 is 1.04 bits per heavy atom. The number of nitrogens with zero attached hydrogens (tertiary/aromatic N) is 4. The Labute approximate surface area is 174 Å². The van der Waals surface area contributed by atoms with Crippen molar-refractivity contribution in [3.05, 3.63) is 70.7 Å². The van der Waals surface area contributed by atoms with Gasteiger partial charge in [-0.3, -0.25) is 4.79 Å². The van der Waals surface area contributed by atoms with Crippen LogP contribution in [0.15, 0.2) is 70.3 Å². The number of aromatic nitrogens is 4. The molecule has 0 amide bonds. The van der Waals surface area contributed by atoms with Gasteiger partial charge in [-0.2, -0.15) is 9.61 Å². The first-order valence-electron chi connectivity index (χ1n) is 8.42. The number of methoxy groups -OCH3 is 1. The van der Waals surface area contributed by atoms with Crippen molar-refractivity contribution in [2.45, 2.75) is 5.16 Å². The van der Waals surface area contributed by atoms with E-state index >= 15 is 0 Å². The SMILES string of the molecule is COc1ccc(C(=O)CSc2nnc3ccc(-c4ccc(Br)cc4)nn23)cc1. The highest BCUT2D eigenvalue weighted by atomic mass is 79.9. The van der Waals surface area contributed by atoms with E-state index in [0.29, 0.717) is 16.4 Å². The van der Waals surface area contributed by atoms with Crippen molar-refractivity contribution < 1.29 is 9.53 Å². The van der Waals surface area contributed by atoms with Crippen LogP contribution in [0.25, 0.3) is 16.9 Å². The fourth-order valence-electron chi connectivity index (χ4n) is 2.62. The summed E-state index contributed by atoms with van der Waals surface area (Å²) in [4.78, 5) is 12.5. The molecule has 2 aromatic carbocycles. The van der Waals surface area contributed by atoms with Crippen molar-refractivity contribution in [3.63, 3.8) is 0 Å². The average molecular weight is 455 g/mol. The number of ether oxygens (including phenoxy) is 1. The molecule has 28 heavy (non-hydrogen) atoms. The van der Waals surface area contributed by atoms with Crippen LogP contribution < -0.4 is 4.74 Å². The van der Waals surface area contributed by atoms with E-state index in [1.807, 2.05) is 36.4 Å². The van der Waals surface area contributed by atoms with Crippen LogP contribution in [0.5, 0.6) is 5.75 Å². The standard InChI is InChI=1S/C20H15BrN4O2S/c1-27-16-8-4-14(5-9-16)18(26)12-28-20-23-22-19-11-10-17(24-25(19)20)13-2-6-15(21)7-3-13/h2-11H,12H2,1H3. The van der Waals surface area contributed by atoms with E-state index in [4.69, 9.17) is 4.74 Å². The molecule has 0 bridgehead atoms. The number of hydrogen-bond acceptors (Lipinski definition) is 6. The van der Waals surface area contributed by atoms with Gasteiger partial charge in [0, 0.05) is 15.6 Å². The molecule has 0 aliphatic heterocycles. The third-order valence-electron chi connectivity index (χ3n) is 4.12. The van der Waals surface area contributed by atoms with E-state index < -0.39 is 0 Å². The summed E-state index contributed by atoms with van der Waals surface area (Å²) in [5, 5.41) is 13.5. The molecule has 0 atom stereocenters. The zero-order valence-electron chi connectivity index (χ0n) is 14.9. The summed E-state index contributed by atoms with van der Waals surface area (Å²) in [5.41, 5.74) is 3.07. The van der Waals surface area contributed by atoms with Crippen molar-refractivity contribution in [1.29, 1.82) is 0 Å². The molecule has 140 valence electrons. The molecular weight excluding hydrogens is 440 g/mol. The highest BCUT2D eigenvalue weighted by molar-refractivity contribution is 9.10. The first-order chi connectivity index (χ1) is 13.6. The Balaban J connectivity index is 1.54.